The van der Waals surface area contributed by atoms with Crippen LogP contribution in [-0.4, -0.2) is 34.7 Å². The van der Waals surface area contributed by atoms with Crippen LogP contribution in [0.15, 0.2) is 30.1 Å². The van der Waals surface area contributed by atoms with Gasteiger partial charge in [0.15, 0.2) is 5.78 Å². The third-order valence-electron chi connectivity index (χ3n) is 5.25. The van der Waals surface area contributed by atoms with E-state index in [1.807, 2.05) is 6.07 Å². The highest BCUT2D eigenvalue weighted by atomic mass is 19.4. The lowest BCUT2D eigenvalue weighted by atomic mass is 9.64. The molecule has 1 aromatic heterocycles. The highest BCUT2D eigenvalue weighted by molar-refractivity contribution is 6.04. The smallest absolute Gasteiger partial charge is 0.338 e. The van der Waals surface area contributed by atoms with Gasteiger partial charge in [-0.15, -0.1) is 0 Å². The number of carbonyl (C=O) groups is 2. The first-order valence-electron chi connectivity index (χ1n) is 8.47. The lowest BCUT2D eigenvalue weighted by Gasteiger charge is -2.38. The van der Waals surface area contributed by atoms with Crippen LogP contribution in [0.3, 0.4) is 0 Å². The summed E-state index contributed by atoms with van der Waals surface area (Å²) < 4.78 is 39.6. The van der Waals surface area contributed by atoms with Crippen molar-refractivity contribution in [3.8, 4) is 6.07 Å². The fourth-order valence-electron chi connectivity index (χ4n) is 4.14. The number of amides is 1. The van der Waals surface area contributed by atoms with Gasteiger partial charge < -0.3 is 4.90 Å². The lowest BCUT2D eigenvalue weighted by Crippen LogP contribution is -2.41. The average molecular weight is 377 g/mol. The molecule has 0 bridgehead atoms. The Balaban J connectivity index is 1.92. The van der Waals surface area contributed by atoms with Gasteiger partial charge in [0.25, 0.3) is 5.91 Å². The number of nitrogens with zero attached hydrogens (tertiary/aromatic N) is 3. The second kappa shape index (κ2) is 6.19. The number of ketones is 1. The molecule has 8 heteroatoms. The van der Waals surface area contributed by atoms with E-state index in [0.717, 1.165) is 12.3 Å². The molecule has 0 N–H and O–H groups in total. The number of Topliss-reactive ketones (excluding diaryl/α,β-unsaturated/α-hetero) is 1. The van der Waals surface area contributed by atoms with E-state index in [2.05, 4.69) is 4.98 Å². The molecule has 0 radical (unpaired) electrons. The summed E-state index contributed by atoms with van der Waals surface area (Å²) in [5.74, 6) is -0.961. The fourth-order valence-corrected chi connectivity index (χ4v) is 4.14. The molecule has 27 heavy (non-hydrogen) atoms. The SMILES string of the molecule is CC1(C)CC2(C=C(C#N)C1=O)CCN(C(=O)c1ccncc1C(F)(F)F)C2. The molecule has 1 aliphatic carbocycles. The highest BCUT2D eigenvalue weighted by Crippen LogP contribution is 2.48. The van der Waals surface area contributed by atoms with Crippen molar-refractivity contribution in [2.45, 2.75) is 32.9 Å². The number of hydrogen-bond acceptors (Lipinski definition) is 4. The van der Waals surface area contributed by atoms with Gasteiger partial charge in [0.05, 0.1) is 16.7 Å². The van der Waals surface area contributed by atoms with Crippen molar-refractivity contribution < 1.29 is 22.8 Å². The molecule has 2 heterocycles. The fraction of sp³-hybridized carbons (Fsp3) is 0.474. The quantitative estimate of drug-likeness (QED) is 0.752. The van der Waals surface area contributed by atoms with Crippen molar-refractivity contribution in [1.29, 1.82) is 5.26 Å². The van der Waals surface area contributed by atoms with Crippen molar-refractivity contribution in [2.24, 2.45) is 10.8 Å². The van der Waals surface area contributed by atoms with E-state index in [-0.39, 0.29) is 24.4 Å². The van der Waals surface area contributed by atoms with Crippen LogP contribution >= 0.6 is 0 Å². The lowest BCUT2D eigenvalue weighted by molar-refractivity contribution is -0.138. The van der Waals surface area contributed by atoms with E-state index in [1.165, 1.54) is 4.90 Å². The number of allylic oxidation sites excluding steroid dienone is 1. The van der Waals surface area contributed by atoms with E-state index in [9.17, 15) is 28.0 Å². The van der Waals surface area contributed by atoms with Crippen LogP contribution in [0, 0.1) is 22.2 Å². The van der Waals surface area contributed by atoms with Gasteiger partial charge in [-0.05, 0) is 18.9 Å². The van der Waals surface area contributed by atoms with Gasteiger partial charge in [-0.2, -0.15) is 18.4 Å². The molecule has 142 valence electrons. The summed E-state index contributed by atoms with van der Waals surface area (Å²) in [6.07, 6.45) is -0.336. The van der Waals surface area contributed by atoms with E-state index >= 15 is 0 Å². The molecular formula is C19H18F3N3O2. The summed E-state index contributed by atoms with van der Waals surface area (Å²) in [6, 6.07) is 2.99. The second-order valence-corrected chi connectivity index (χ2v) is 7.82. The van der Waals surface area contributed by atoms with Crippen molar-refractivity contribution in [2.75, 3.05) is 13.1 Å². The van der Waals surface area contributed by atoms with Gasteiger partial charge in [0.2, 0.25) is 0 Å². The number of rotatable bonds is 1. The summed E-state index contributed by atoms with van der Waals surface area (Å²) in [7, 11) is 0. The van der Waals surface area contributed by atoms with Crippen molar-refractivity contribution in [3.05, 3.63) is 41.2 Å². The van der Waals surface area contributed by atoms with Gasteiger partial charge in [0.1, 0.15) is 6.07 Å². The van der Waals surface area contributed by atoms with Gasteiger partial charge in [-0.25, -0.2) is 0 Å². The Hall–Kier alpha value is -2.69. The molecule has 1 saturated heterocycles. The maximum absolute atomic E-state index is 13.2. The maximum atomic E-state index is 13.2. The van der Waals surface area contributed by atoms with E-state index < -0.39 is 34.0 Å². The first-order valence-corrected chi connectivity index (χ1v) is 8.47. The number of carbonyl (C=O) groups excluding carboxylic acids is 2. The molecule has 1 spiro atoms. The van der Waals surface area contributed by atoms with Crippen LogP contribution in [0.4, 0.5) is 13.2 Å². The van der Waals surface area contributed by atoms with E-state index in [4.69, 9.17) is 0 Å². The second-order valence-electron chi connectivity index (χ2n) is 7.82. The zero-order chi connectivity index (χ0) is 20.0. The Kier molecular flexibility index (Phi) is 4.37. The summed E-state index contributed by atoms with van der Waals surface area (Å²) in [4.78, 5) is 29.9. The predicted molar refractivity (Wildman–Crippen MR) is 89.3 cm³/mol. The number of hydrogen-bond donors (Lipinski definition) is 0. The minimum absolute atomic E-state index is 0.0560. The highest BCUT2D eigenvalue weighted by Gasteiger charge is 2.49. The van der Waals surface area contributed by atoms with Crippen LogP contribution in [0.5, 0.6) is 0 Å². The predicted octanol–water partition coefficient (Wildman–Crippen LogP) is 3.38. The molecule has 1 fully saturated rings. The zero-order valence-corrected chi connectivity index (χ0v) is 14.9. The number of pyridine rings is 1. The first kappa shape index (κ1) is 19.1. The molecule has 0 saturated carbocycles. The number of alkyl halides is 3. The van der Waals surface area contributed by atoms with Crippen molar-refractivity contribution in [3.63, 3.8) is 0 Å². The van der Waals surface area contributed by atoms with Gasteiger partial charge >= 0.3 is 6.18 Å². The van der Waals surface area contributed by atoms with Crippen LogP contribution in [0.25, 0.3) is 0 Å². The van der Waals surface area contributed by atoms with Gasteiger partial charge in [-0.1, -0.05) is 19.9 Å². The molecule has 1 atom stereocenters. The average Bonchev–Trinajstić information content (AvgIpc) is 2.99. The van der Waals surface area contributed by atoms with Crippen LogP contribution in [0.2, 0.25) is 0 Å². The summed E-state index contributed by atoms with van der Waals surface area (Å²) in [5.41, 5.74) is -2.79. The van der Waals surface area contributed by atoms with Crippen LogP contribution in [-0.2, 0) is 11.0 Å². The largest absolute Gasteiger partial charge is 0.418 e. The van der Waals surface area contributed by atoms with Crippen molar-refractivity contribution >= 4 is 11.7 Å². The standard InChI is InChI=1S/C19H18F3N3O2/c1-17(2)10-18(7-12(8-23)15(17)26)4-6-25(11-18)16(27)13-3-5-24-9-14(13)19(20,21)22/h3,5,7,9H,4,6,10-11H2,1-2H3. The number of nitriles is 1. The third-order valence-corrected chi connectivity index (χ3v) is 5.25. The molecule has 1 amide bonds. The Morgan fingerprint density at radius 2 is 2.07 bits per heavy atom. The van der Waals surface area contributed by atoms with Crippen LogP contribution in [0.1, 0.15) is 42.6 Å². The maximum Gasteiger partial charge on any atom is 0.418 e. The Labute approximate surface area is 154 Å². The number of likely N-dealkylation sites (tertiary alicyclic amines) is 1. The molecule has 2 aliphatic rings. The first-order chi connectivity index (χ1) is 12.5. The van der Waals surface area contributed by atoms with Gasteiger partial charge in [0, 0.05) is 36.3 Å². The minimum Gasteiger partial charge on any atom is -0.338 e. The molecule has 3 rings (SSSR count). The summed E-state index contributed by atoms with van der Waals surface area (Å²) >= 11 is 0. The molecule has 0 aromatic carbocycles. The monoisotopic (exact) mass is 377 g/mol. The third kappa shape index (κ3) is 3.34. The Morgan fingerprint density at radius 3 is 2.70 bits per heavy atom. The minimum atomic E-state index is -4.68. The Bertz CT molecular complexity index is 883. The summed E-state index contributed by atoms with van der Waals surface area (Å²) in [5, 5.41) is 9.26. The van der Waals surface area contributed by atoms with E-state index in [0.29, 0.717) is 19.0 Å². The molecular weight excluding hydrogens is 359 g/mol. The van der Waals surface area contributed by atoms with E-state index in [1.54, 1.807) is 19.9 Å². The topological polar surface area (TPSA) is 74.1 Å². The number of halogens is 3. The number of aromatic nitrogens is 1. The normalized spacial score (nSPS) is 24.7. The Morgan fingerprint density at radius 1 is 1.37 bits per heavy atom. The molecule has 1 unspecified atom stereocenters. The summed E-state index contributed by atoms with van der Waals surface area (Å²) in [6.45, 7) is 3.93. The molecule has 5 nitrogen and oxygen atoms in total. The van der Waals surface area contributed by atoms with Gasteiger partial charge in [-0.3, -0.25) is 14.6 Å². The molecule has 1 aliphatic heterocycles. The van der Waals surface area contributed by atoms with Crippen LogP contribution < -0.4 is 0 Å². The van der Waals surface area contributed by atoms with Crippen molar-refractivity contribution in [1.82, 2.24) is 9.88 Å². The molecule has 1 aromatic rings. The zero-order valence-electron chi connectivity index (χ0n) is 14.9.